The van der Waals surface area contributed by atoms with E-state index < -0.39 is 0 Å². The molecule has 7 heteroatoms. The van der Waals surface area contributed by atoms with Gasteiger partial charge in [-0.3, -0.25) is 14.4 Å². The van der Waals surface area contributed by atoms with Crippen LogP contribution in [0, 0.1) is 5.92 Å². The number of likely N-dealkylation sites (tertiary alicyclic amines) is 1. The third kappa shape index (κ3) is 5.04. The summed E-state index contributed by atoms with van der Waals surface area (Å²) in [6, 6.07) is 9.30. The van der Waals surface area contributed by atoms with Crippen molar-refractivity contribution in [1.29, 1.82) is 0 Å². The van der Waals surface area contributed by atoms with Crippen LogP contribution in [-0.4, -0.2) is 54.2 Å². The average molecular weight is 397 g/mol. The van der Waals surface area contributed by atoms with Crippen molar-refractivity contribution in [2.45, 2.75) is 26.2 Å². The number of aryl methyl sites for hydroxylation is 1. The lowest BCUT2D eigenvalue weighted by Crippen LogP contribution is -2.45. The number of nitrogens with one attached hydrogen (secondary N) is 1. The lowest BCUT2D eigenvalue weighted by Gasteiger charge is -2.33. The van der Waals surface area contributed by atoms with Gasteiger partial charge in [0.2, 0.25) is 11.8 Å². The van der Waals surface area contributed by atoms with E-state index in [1.807, 2.05) is 31.2 Å². The van der Waals surface area contributed by atoms with Crippen LogP contribution in [0.25, 0.3) is 0 Å². The number of piperidine rings is 1. The summed E-state index contributed by atoms with van der Waals surface area (Å²) in [7, 11) is 1.65. The molecule has 1 fully saturated rings. The summed E-state index contributed by atoms with van der Waals surface area (Å²) >= 11 is 0. The Morgan fingerprint density at radius 3 is 2.55 bits per heavy atom. The van der Waals surface area contributed by atoms with Gasteiger partial charge in [-0.1, -0.05) is 25.1 Å². The topological polar surface area (TPSA) is 82.9 Å². The Morgan fingerprint density at radius 2 is 1.90 bits per heavy atom. The zero-order valence-electron chi connectivity index (χ0n) is 16.9. The summed E-state index contributed by atoms with van der Waals surface area (Å²) < 4.78 is 4.97. The number of carbonyl (C=O) groups excluding carboxylic acids is 3. The van der Waals surface area contributed by atoms with Gasteiger partial charge in [0.1, 0.15) is 6.26 Å². The monoisotopic (exact) mass is 397 g/mol. The van der Waals surface area contributed by atoms with Crippen LogP contribution in [0.5, 0.6) is 0 Å². The van der Waals surface area contributed by atoms with Crippen molar-refractivity contribution in [3.8, 4) is 0 Å². The van der Waals surface area contributed by atoms with E-state index in [1.165, 1.54) is 17.4 Å². The minimum absolute atomic E-state index is 0.00501. The van der Waals surface area contributed by atoms with E-state index in [2.05, 4.69) is 5.32 Å². The number of furan rings is 1. The van der Waals surface area contributed by atoms with Gasteiger partial charge in [-0.2, -0.15) is 0 Å². The number of nitrogens with zero attached hydrogens (tertiary/aromatic N) is 2. The Labute approximate surface area is 170 Å². The summed E-state index contributed by atoms with van der Waals surface area (Å²) in [6.07, 6.45) is 4.91. The molecule has 3 rings (SSSR count). The predicted octanol–water partition coefficient (Wildman–Crippen LogP) is 2.79. The van der Waals surface area contributed by atoms with E-state index in [1.54, 1.807) is 18.0 Å². The van der Waals surface area contributed by atoms with Crippen LogP contribution in [-0.2, 0) is 16.0 Å². The van der Waals surface area contributed by atoms with Crippen molar-refractivity contribution in [1.82, 2.24) is 9.80 Å². The molecule has 7 nitrogen and oxygen atoms in total. The van der Waals surface area contributed by atoms with Crippen molar-refractivity contribution in [2.75, 3.05) is 32.0 Å². The number of likely N-dealkylation sites (N-methyl/N-ethyl adjacent to an activating group) is 1. The normalized spacial score (nSPS) is 14.5. The van der Waals surface area contributed by atoms with Crippen LogP contribution >= 0.6 is 0 Å². The van der Waals surface area contributed by atoms with Gasteiger partial charge >= 0.3 is 0 Å². The van der Waals surface area contributed by atoms with Crippen molar-refractivity contribution in [3.05, 3.63) is 54.0 Å². The highest BCUT2D eigenvalue weighted by Gasteiger charge is 2.30. The highest BCUT2D eigenvalue weighted by molar-refractivity contribution is 5.96. The van der Waals surface area contributed by atoms with Crippen molar-refractivity contribution in [2.24, 2.45) is 5.92 Å². The summed E-state index contributed by atoms with van der Waals surface area (Å²) in [5, 5.41) is 2.89. The maximum atomic E-state index is 12.7. The fraction of sp³-hybridized carbons (Fsp3) is 0.409. The summed E-state index contributed by atoms with van der Waals surface area (Å²) in [5.41, 5.74) is 2.37. The molecule has 2 aromatic rings. The van der Waals surface area contributed by atoms with Crippen molar-refractivity contribution in [3.63, 3.8) is 0 Å². The molecule has 154 valence electrons. The average Bonchev–Trinajstić information content (AvgIpc) is 3.28. The molecule has 0 radical (unpaired) electrons. The second-order valence-electron chi connectivity index (χ2n) is 7.33. The number of benzene rings is 1. The third-order valence-electron chi connectivity index (χ3n) is 5.33. The second kappa shape index (κ2) is 9.41. The van der Waals surface area contributed by atoms with E-state index in [4.69, 9.17) is 4.42 Å². The summed E-state index contributed by atoms with van der Waals surface area (Å²) in [6.45, 7) is 3.07. The van der Waals surface area contributed by atoms with Crippen LogP contribution in [0.2, 0.25) is 0 Å². The molecule has 1 aliphatic heterocycles. The van der Waals surface area contributed by atoms with Gasteiger partial charge in [-0.25, -0.2) is 0 Å². The first kappa shape index (κ1) is 20.6. The Kier molecular flexibility index (Phi) is 6.69. The molecule has 0 unspecified atom stereocenters. The molecular weight excluding hydrogens is 370 g/mol. The highest BCUT2D eigenvalue weighted by Crippen LogP contribution is 2.21. The van der Waals surface area contributed by atoms with Crippen LogP contribution in [0.15, 0.2) is 47.3 Å². The molecule has 1 saturated heterocycles. The van der Waals surface area contributed by atoms with Gasteiger partial charge < -0.3 is 19.5 Å². The van der Waals surface area contributed by atoms with Crippen molar-refractivity contribution < 1.29 is 18.8 Å². The molecule has 1 aliphatic rings. The number of anilines is 1. The Balaban J connectivity index is 1.49. The quantitative estimate of drug-likeness (QED) is 0.813. The van der Waals surface area contributed by atoms with Crippen LogP contribution in [0.4, 0.5) is 5.69 Å². The summed E-state index contributed by atoms with van der Waals surface area (Å²) in [5.74, 6) is -0.523. The summed E-state index contributed by atoms with van der Waals surface area (Å²) in [4.78, 5) is 40.7. The fourth-order valence-electron chi connectivity index (χ4n) is 3.64. The SMILES string of the molecule is CCc1ccccc1NC(=O)CN(C)C(=O)C1CCN(C(=O)c2ccoc2)CC1. The third-order valence-corrected chi connectivity index (χ3v) is 5.33. The Bertz CT molecular complexity index is 855. The largest absolute Gasteiger partial charge is 0.472 e. The van der Waals surface area contributed by atoms with Crippen LogP contribution in [0.1, 0.15) is 35.7 Å². The minimum atomic E-state index is -0.214. The molecule has 0 bridgehead atoms. The van der Waals surface area contributed by atoms with E-state index in [0.29, 0.717) is 31.5 Å². The second-order valence-corrected chi connectivity index (χ2v) is 7.33. The smallest absolute Gasteiger partial charge is 0.257 e. The molecule has 0 atom stereocenters. The van der Waals surface area contributed by atoms with Gasteiger partial charge in [0.05, 0.1) is 18.4 Å². The predicted molar refractivity (Wildman–Crippen MR) is 109 cm³/mol. The Morgan fingerprint density at radius 1 is 1.17 bits per heavy atom. The number of hydrogen-bond acceptors (Lipinski definition) is 4. The molecule has 0 saturated carbocycles. The lowest BCUT2D eigenvalue weighted by atomic mass is 9.95. The standard InChI is InChI=1S/C22H27N3O4/c1-3-16-6-4-5-7-19(16)23-20(26)14-24(2)21(27)17-8-11-25(12-9-17)22(28)18-10-13-29-15-18/h4-7,10,13,15,17H,3,8-9,11-12,14H2,1-2H3,(H,23,26). The minimum Gasteiger partial charge on any atom is -0.472 e. The number of carbonyl (C=O) groups is 3. The van der Waals surface area contributed by atoms with Gasteiger partial charge in [0, 0.05) is 31.7 Å². The Hall–Kier alpha value is -3.09. The molecule has 1 aromatic heterocycles. The van der Waals surface area contributed by atoms with Gasteiger partial charge in [-0.15, -0.1) is 0 Å². The molecular formula is C22H27N3O4. The number of para-hydroxylation sites is 1. The lowest BCUT2D eigenvalue weighted by molar-refractivity contribution is -0.138. The first-order chi connectivity index (χ1) is 14.0. The van der Waals surface area contributed by atoms with Gasteiger partial charge in [0.15, 0.2) is 0 Å². The zero-order chi connectivity index (χ0) is 20.8. The highest BCUT2D eigenvalue weighted by atomic mass is 16.3. The molecule has 1 aromatic carbocycles. The van der Waals surface area contributed by atoms with E-state index in [-0.39, 0.29) is 30.2 Å². The van der Waals surface area contributed by atoms with Crippen LogP contribution in [0.3, 0.4) is 0 Å². The van der Waals surface area contributed by atoms with E-state index >= 15 is 0 Å². The molecule has 29 heavy (non-hydrogen) atoms. The van der Waals surface area contributed by atoms with Gasteiger partial charge in [-0.05, 0) is 37.0 Å². The van der Waals surface area contributed by atoms with Gasteiger partial charge in [0.25, 0.3) is 5.91 Å². The molecule has 1 N–H and O–H groups in total. The van der Waals surface area contributed by atoms with E-state index in [9.17, 15) is 14.4 Å². The van der Waals surface area contributed by atoms with Crippen molar-refractivity contribution >= 4 is 23.4 Å². The fourth-order valence-corrected chi connectivity index (χ4v) is 3.64. The molecule has 2 heterocycles. The number of hydrogen-bond donors (Lipinski definition) is 1. The first-order valence-electron chi connectivity index (χ1n) is 9.93. The number of rotatable bonds is 6. The van der Waals surface area contributed by atoms with E-state index in [0.717, 1.165) is 17.7 Å². The molecule has 3 amide bonds. The maximum Gasteiger partial charge on any atom is 0.257 e. The molecule has 0 spiro atoms. The zero-order valence-corrected chi connectivity index (χ0v) is 16.9. The number of amides is 3. The first-order valence-corrected chi connectivity index (χ1v) is 9.93. The molecule has 0 aliphatic carbocycles. The maximum absolute atomic E-state index is 12.7. The van der Waals surface area contributed by atoms with Crippen LogP contribution < -0.4 is 5.32 Å².